The lowest BCUT2D eigenvalue weighted by Crippen LogP contribution is -2.55. The Kier molecular flexibility index (Phi) is 11.0. The first-order valence-corrected chi connectivity index (χ1v) is 13.3. The number of hydrogen-bond donors (Lipinski definition) is 2. The Hall–Kier alpha value is -2.83. The molecule has 2 atom stereocenters. The van der Waals surface area contributed by atoms with Gasteiger partial charge in [-0.3, -0.25) is 9.59 Å². The van der Waals surface area contributed by atoms with E-state index >= 15 is 0 Å². The molecule has 1 aliphatic rings. The molecule has 7 heteroatoms. The zero-order chi connectivity index (χ0) is 26.9. The Morgan fingerprint density at radius 1 is 1.11 bits per heavy atom. The Bertz CT molecular complexity index is 883. The number of alkyl carbamates (subject to hydrolysis) is 1. The summed E-state index contributed by atoms with van der Waals surface area (Å²) in [5.74, 6) is -0.776. The van der Waals surface area contributed by atoms with Crippen molar-refractivity contribution in [3.63, 3.8) is 0 Å². The van der Waals surface area contributed by atoms with Crippen molar-refractivity contribution >= 4 is 17.9 Å². The van der Waals surface area contributed by atoms with E-state index in [2.05, 4.69) is 24.1 Å². The van der Waals surface area contributed by atoms with E-state index in [-0.39, 0.29) is 30.3 Å². The topological polar surface area (TPSA) is 87.7 Å². The van der Waals surface area contributed by atoms with Gasteiger partial charge in [0.2, 0.25) is 11.8 Å². The van der Waals surface area contributed by atoms with Crippen LogP contribution in [0.25, 0.3) is 0 Å². The third-order valence-corrected chi connectivity index (χ3v) is 6.43. The summed E-state index contributed by atoms with van der Waals surface area (Å²) in [6.45, 7) is 15.1. The summed E-state index contributed by atoms with van der Waals surface area (Å²) < 4.78 is 5.41. The largest absolute Gasteiger partial charge is 0.444 e. The van der Waals surface area contributed by atoms with Crippen LogP contribution < -0.4 is 10.6 Å². The predicted octanol–water partition coefficient (Wildman–Crippen LogP) is 5.30. The third-order valence-electron chi connectivity index (χ3n) is 6.43. The summed E-state index contributed by atoms with van der Waals surface area (Å²) in [5, 5.41) is 5.94. The maximum absolute atomic E-state index is 13.9. The first-order valence-electron chi connectivity index (χ1n) is 13.3. The van der Waals surface area contributed by atoms with Crippen LogP contribution in [0, 0.1) is 5.92 Å². The number of nitrogens with one attached hydrogen (secondary N) is 2. The van der Waals surface area contributed by atoms with Crippen molar-refractivity contribution in [2.24, 2.45) is 5.92 Å². The summed E-state index contributed by atoms with van der Waals surface area (Å²) in [5.41, 5.74) is 1.19. The summed E-state index contributed by atoms with van der Waals surface area (Å²) in [6.07, 6.45) is 7.07. The molecule has 0 spiro atoms. The van der Waals surface area contributed by atoms with E-state index in [1.807, 2.05) is 38.1 Å². The maximum atomic E-state index is 13.9. The number of benzene rings is 1. The Balaban J connectivity index is 2.41. The van der Waals surface area contributed by atoms with Crippen LogP contribution in [0.2, 0.25) is 0 Å². The fourth-order valence-electron chi connectivity index (χ4n) is 4.52. The molecule has 1 aromatic rings. The molecule has 0 radical (unpaired) electrons. The van der Waals surface area contributed by atoms with E-state index < -0.39 is 23.8 Å². The van der Waals surface area contributed by atoms with Crippen LogP contribution in [0.15, 0.2) is 36.9 Å². The fraction of sp³-hybridized carbons (Fsp3) is 0.621. The molecule has 1 aromatic carbocycles. The highest BCUT2D eigenvalue weighted by Gasteiger charge is 2.37. The highest BCUT2D eigenvalue weighted by molar-refractivity contribution is 5.92. The Morgan fingerprint density at radius 2 is 1.72 bits per heavy atom. The zero-order valence-electron chi connectivity index (χ0n) is 22.9. The number of amides is 3. The van der Waals surface area contributed by atoms with Crippen LogP contribution in [0.3, 0.4) is 0 Å². The van der Waals surface area contributed by atoms with Crippen LogP contribution in [0.5, 0.6) is 0 Å². The first-order chi connectivity index (χ1) is 17.0. The molecule has 2 N–H and O–H groups in total. The smallest absolute Gasteiger partial charge is 0.408 e. The van der Waals surface area contributed by atoms with E-state index in [1.165, 1.54) is 11.3 Å². The van der Waals surface area contributed by atoms with Crippen molar-refractivity contribution in [2.75, 3.05) is 6.54 Å². The number of rotatable bonds is 10. The molecule has 36 heavy (non-hydrogen) atoms. The van der Waals surface area contributed by atoms with Gasteiger partial charge in [0.1, 0.15) is 17.7 Å². The van der Waals surface area contributed by atoms with Crippen LogP contribution >= 0.6 is 0 Å². The zero-order valence-corrected chi connectivity index (χ0v) is 22.9. The average Bonchev–Trinajstić information content (AvgIpc) is 2.81. The molecule has 0 heterocycles. The van der Waals surface area contributed by atoms with Gasteiger partial charge in [-0.15, -0.1) is 6.58 Å². The second-order valence-electron chi connectivity index (χ2n) is 11.0. The number of aryl methyl sites for hydroxylation is 1. The minimum absolute atomic E-state index is 0.102. The molecule has 2 rings (SSSR count). The monoisotopic (exact) mass is 499 g/mol. The second-order valence-corrected chi connectivity index (χ2v) is 11.0. The van der Waals surface area contributed by atoms with Gasteiger partial charge in [-0.05, 0) is 57.1 Å². The van der Waals surface area contributed by atoms with Crippen molar-refractivity contribution in [1.29, 1.82) is 0 Å². The molecule has 0 bridgehead atoms. The number of hydrogen-bond acceptors (Lipinski definition) is 4. The van der Waals surface area contributed by atoms with Crippen LogP contribution in [-0.4, -0.2) is 47.0 Å². The number of nitrogens with zero attached hydrogens (tertiary/aromatic N) is 1. The van der Waals surface area contributed by atoms with Crippen molar-refractivity contribution < 1.29 is 19.1 Å². The van der Waals surface area contributed by atoms with E-state index in [1.54, 1.807) is 26.8 Å². The maximum Gasteiger partial charge on any atom is 0.408 e. The predicted molar refractivity (Wildman–Crippen MR) is 143 cm³/mol. The quantitative estimate of drug-likeness (QED) is 0.428. The highest BCUT2D eigenvalue weighted by Crippen LogP contribution is 2.26. The van der Waals surface area contributed by atoms with Crippen LogP contribution in [0.4, 0.5) is 4.79 Å². The first kappa shape index (κ1) is 29.4. The highest BCUT2D eigenvalue weighted by atomic mass is 16.6. The van der Waals surface area contributed by atoms with Gasteiger partial charge >= 0.3 is 6.09 Å². The summed E-state index contributed by atoms with van der Waals surface area (Å²) in [4.78, 5) is 41.8. The van der Waals surface area contributed by atoms with Crippen LogP contribution in [-0.2, 0) is 20.7 Å². The fourth-order valence-corrected chi connectivity index (χ4v) is 4.52. The Morgan fingerprint density at radius 3 is 2.22 bits per heavy atom. The number of carbonyl (C=O) groups excluding carboxylic acids is 3. The molecule has 1 saturated carbocycles. The molecule has 0 saturated heterocycles. The minimum atomic E-state index is -0.861. The van der Waals surface area contributed by atoms with E-state index in [0.717, 1.165) is 43.2 Å². The molecule has 2 unspecified atom stereocenters. The lowest BCUT2D eigenvalue weighted by atomic mass is 9.94. The van der Waals surface area contributed by atoms with Gasteiger partial charge < -0.3 is 20.3 Å². The van der Waals surface area contributed by atoms with Gasteiger partial charge in [0.25, 0.3) is 0 Å². The number of carbonyl (C=O) groups is 3. The van der Waals surface area contributed by atoms with E-state index in [9.17, 15) is 14.4 Å². The summed E-state index contributed by atoms with van der Waals surface area (Å²) in [6, 6.07) is 6.21. The van der Waals surface area contributed by atoms with E-state index in [4.69, 9.17) is 4.74 Å². The SMILES string of the molecule is C=CCN(C(=O)C(NC(=O)OC(C)(C)C)C(C)C)C(C(=O)NC1CCCCC1)c1ccc(CC)cc1. The standard InChI is InChI=1S/C29H45N3O4/c1-8-19-32(27(34)24(20(3)4)31-28(35)36-29(5,6)7)25(22-17-15-21(9-2)16-18-22)26(33)30-23-13-11-10-12-14-23/h8,15-18,20,23-25H,1,9-14,19H2,2-7H3,(H,30,33)(H,31,35). The van der Waals surface area contributed by atoms with Gasteiger partial charge in [0.15, 0.2) is 0 Å². The molecule has 1 fully saturated rings. The van der Waals surface area contributed by atoms with Crippen LogP contribution in [0.1, 0.15) is 90.8 Å². The molecule has 1 aliphatic carbocycles. The summed E-state index contributed by atoms with van der Waals surface area (Å²) in [7, 11) is 0. The van der Waals surface area contributed by atoms with Gasteiger partial charge in [-0.1, -0.05) is 70.4 Å². The molecular weight excluding hydrogens is 454 g/mol. The van der Waals surface area contributed by atoms with Gasteiger partial charge in [-0.25, -0.2) is 4.79 Å². The van der Waals surface area contributed by atoms with Crippen molar-refractivity contribution in [3.8, 4) is 0 Å². The molecule has 3 amide bonds. The van der Waals surface area contributed by atoms with Crippen molar-refractivity contribution in [1.82, 2.24) is 15.5 Å². The average molecular weight is 500 g/mol. The lowest BCUT2D eigenvalue weighted by Gasteiger charge is -2.36. The van der Waals surface area contributed by atoms with Gasteiger partial charge in [0.05, 0.1) is 0 Å². The molecular formula is C29H45N3O4. The minimum Gasteiger partial charge on any atom is -0.444 e. The molecule has 7 nitrogen and oxygen atoms in total. The normalized spacial score (nSPS) is 16.1. The molecule has 0 aromatic heterocycles. The third kappa shape index (κ3) is 8.68. The van der Waals surface area contributed by atoms with Crippen molar-refractivity contribution in [3.05, 3.63) is 48.0 Å². The Labute approximate surface area is 217 Å². The summed E-state index contributed by atoms with van der Waals surface area (Å²) >= 11 is 0. The van der Waals surface area contributed by atoms with Gasteiger partial charge in [0, 0.05) is 12.6 Å². The lowest BCUT2D eigenvalue weighted by molar-refractivity contribution is -0.143. The van der Waals surface area contributed by atoms with E-state index in [0.29, 0.717) is 0 Å². The number of ether oxygens (including phenoxy) is 1. The molecule has 200 valence electrons. The second kappa shape index (κ2) is 13.5. The molecule has 0 aliphatic heterocycles. The van der Waals surface area contributed by atoms with Gasteiger partial charge in [-0.2, -0.15) is 0 Å². The van der Waals surface area contributed by atoms with Crippen molar-refractivity contribution in [2.45, 2.75) is 104 Å².